The molecule has 3 nitrogen and oxygen atoms in total. The van der Waals surface area contributed by atoms with Crippen molar-refractivity contribution in [1.82, 2.24) is 4.90 Å². The molecule has 20 heavy (non-hydrogen) atoms. The van der Waals surface area contributed by atoms with Gasteiger partial charge >= 0.3 is 0 Å². The zero-order chi connectivity index (χ0) is 14.7. The molecule has 0 saturated carbocycles. The van der Waals surface area contributed by atoms with Crippen LogP contribution in [0.2, 0.25) is 5.02 Å². The highest BCUT2D eigenvalue weighted by Gasteiger charge is 2.19. The largest absolute Gasteiger partial charge is 0.323 e. The van der Waals surface area contributed by atoms with E-state index in [0.29, 0.717) is 17.5 Å². The van der Waals surface area contributed by atoms with Gasteiger partial charge < -0.3 is 5.32 Å². The summed E-state index contributed by atoms with van der Waals surface area (Å²) in [5.74, 6) is 0.703. The summed E-state index contributed by atoms with van der Waals surface area (Å²) in [4.78, 5) is 14.4. The number of nitrogens with one attached hydrogen (secondary N) is 1. The van der Waals surface area contributed by atoms with E-state index in [9.17, 15) is 4.79 Å². The predicted molar refractivity (Wildman–Crippen MR) is 84.4 cm³/mol. The van der Waals surface area contributed by atoms with Gasteiger partial charge in [0.25, 0.3) is 0 Å². The summed E-state index contributed by atoms with van der Waals surface area (Å²) in [6.45, 7) is 8.68. The first-order valence-corrected chi connectivity index (χ1v) is 7.62. The monoisotopic (exact) mass is 294 g/mol. The molecular formula is C16H23ClN2O. The van der Waals surface area contributed by atoms with Crippen LogP contribution in [0, 0.1) is 19.8 Å². The van der Waals surface area contributed by atoms with Crippen molar-refractivity contribution in [2.24, 2.45) is 5.92 Å². The third kappa shape index (κ3) is 3.97. The molecule has 0 spiro atoms. The lowest BCUT2D eigenvalue weighted by Gasteiger charge is -2.30. The summed E-state index contributed by atoms with van der Waals surface area (Å²) in [6, 6.07) is 3.91. The van der Waals surface area contributed by atoms with Crippen molar-refractivity contribution in [2.75, 3.05) is 25.0 Å². The van der Waals surface area contributed by atoms with Crippen LogP contribution in [0.1, 0.15) is 30.9 Å². The average Bonchev–Trinajstić information content (AvgIpc) is 2.33. The molecule has 0 unspecified atom stereocenters. The number of anilines is 1. The summed E-state index contributed by atoms with van der Waals surface area (Å²) >= 11 is 6.22. The Hall–Kier alpha value is -1.06. The Morgan fingerprint density at radius 1 is 1.45 bits per heavy atom. The third-order valence-electron chi connectivity index (χ3n) is 3.80. The Morgan fingerprint density at radius 2 is 2.20 bits per heavy atom. The zero-order valence-electron chi connectivity index (χ0n) is 12.5. The first kappa shape index (κ1) is 15.3. The zero-order valence-corrected chi connectivity index (χ0v) is 13.3. The Morgan fingerprint density at radius 3 is 2.85 bits per heavy atom. The van der Waals surface area contributed by atoms with Crippen LogP contribution in [-0.4, -0.2) is 30.4 Å². The van der Waals surface area contributed by atoms with Gasteiger partial charge in [0.15, 0.2) is 0 Å². The summed E-state index contributed by atoms with van der Waals surface area (Å²) < 4.78 is 0. The van der Waals surface area contributed by atoms with E-state index in [-0.39, 0.29) is 5.91 Å². The SMILES string of the molecule is Cc1cc(C)c(NC(=O)CN2CCC[C@H](C)C2)c(Cl)c1. The summed E-state index contributed by atoms with van der Waals surface area (Å²) in [5.41, 5.74) is 2.86. The van der Waals surface area contributed by atoms with Crippen molar-refractivity contribution in [3.05, 3.63) is 28.3 Å². The fraction of sp³-hybridized carbons (Fsp3) is 0.562. The van der Waals surface area contributed by atoms with E-state index in [4.69, 9.17) is 11.6 Å². The van der Waals surface area contributed by atoms with Crippen LogP contribution < -0.4 is 5.32 Å². The van der Waals surface area contributed by atoms with Crippen molar-refractivity contribution in [2.45, 2.75) is 33.6 Å². The van der Waals surface area contributed by atoms with Crippen LogP contribution in [0.3, 0.4) is 0 Å². The van der Waals surface area contributed by atoms with Crippen LogP contribution in [0.25, 0.3) is 0 Å². The average molecular weight is 295 g/mol. The van der Waals surface area contributed by atoms with Gasteiger partial charge in [0.1, 0.15) is 0 Å². The van der Waals surface area contributed by atoms with Gasteiger partial charge in [-0.3, -0.25) is 9.69 Å². The van der Waals surface area contributed by atoms with Crippen molar-refractivity contribution >= 4 is 23.2 Å². The van der Waals surface area contributed by atoms with E-state index in [1.807, 2.05) is 26.0 Å². The number of rotatable bonds is 3. The first-order chi connectivity index (χ1) is 9.45. The second kappa shape index (κ2) is 6.59. The molecule has 4 heteroatoms. The van der Waals surface area contributed by atoms with Gasteiger partial charge in [-0.05, 0) is 56.3 Å². The lowest BCUT2D eigenvalue weighted by Crippen LogP contribution is -2.39. The number of nitrogens with zero attached hydrogens (tertiary/aromatic N) is 1. The van der Waals surface area contributed by atoms with E-state index in [1.165, 1.54) is 12.8 Å². The molecule has 1 aliphatic rings. The smallest absolute Gasteiger partial charge is 0.238 e. The first-order valence-electron chi connectivity index (χ1n) is 7.24. The molecule has 1 aromatic rings. The lowest BCUT2D eigenvalue weighted by atomic mass is 10.0. The minimum Gasteiger partial charge on any atom is -0.323 e. The lowest BCUT2D eigenvalue weighted by molar-refractivity contribution is -0.117. The fourth-order valence-electron chi connectivity index (χ4n) is 2.89. The minimum absolute atomic E-state index is 0.0213. The van der Waals surface area contributed by atoms with E-state index in [2.05, 4.69) is 17.1 Å². The fourth-order valence-corrected chi connectivity index (χ4v) is 3.25. The number of likely N-dealkylation sites (tertiary alicyclic amines) is 1. The topological polar surface area (TPSA) is 32.3 Å². The van der Waals surface area contributed by atoms with Crippen LogP contribution >= 0.6 is 11.6 Å². The standard InChI is InChI=1S/C16H23ClN2O/c1-11-5-4-6-19(9-11)10-15(20)18-16-13(3)7-12(2)8-14(16)17/h7-8,11H,4-6,9-10H2,1-3H3,(H,18,20)/t11-/m0/s1. The highest BCUT2D eigenvalue weighted by Crippen LogP contribution is 2.27. The number of carbonyl (C=O) groups excluding carboxylic acids is 1. The molecule has 1 N–H and O–H groups in total. The molecule has 1 fully saturated rings. The van der Waals surface area contributed by atoms with Crippen LogP contribution in [0.4, 0.5) is 5.69 Å². The number of carbonyl (C=O) groups is 1. The van der Waals surface area contributed by atoms with Gasteiger partial charge in [0.2, 0.25) is 5.91 Å². The second-order valence-corrected chi connectivity index (χ2v) is 6.38. The molecule has 1 heterocycles. The number of piperidine rings is 1. The van der Waals surface area contributed by atoms with E-state index < -0.39 is 0 Å². The maximum atomic E-state index is 12.2. The van der Waals surface area contributed by atoms with Crippen molar-refractivity contribution < 1.29 is 4.79 Å². The van der Waals surface area contributed by atoms with Gasteiger partial charge in [-0.25, -0.2) is 0 Å². The Labute approximate surface area is 126 Å². The van der Waals surface area contributed by atoms with Crippen LogP contribution in [0.5, 0.6) is 0 Å². The summed E-state index contributed by atoms with van der Waals surface area (Å²) in [6.07, 6.45) is 2.44. The normalized spacial score (nSPS) is 19.9. The van der Waals surface area contributed by atoms with Gasteiger partial charge in [-0.15, -0.1) is 0 Å². The molecule has 1 saturated heterocycles. The molecule has 2 rings (SSSR count). The molecule has 0 aromatic heterocycles. The third-order valence-corrected chi connectivity index (χ3v) is 4.10. The number of benzene rings is 1. The maximum Gasteiger partial charge on any atom is 0.238 e. The van der Waals surface area contributed by atoms with Crippen LogP contribution in [0.15, 0.2) is 12.1 Å². The van der Waals surface area contributed by atoms with Gasteiger partial charge in [0.05, 0.1) is 17.3 Å². The van der Waals surface area contributed by atoms with Crippen molar-refractivity contribution in [3.8, 4) is 0 Å². The number of hydrogen-bond acceptors (Lipinski definition) is 2. The second-order valence-electron chi connectivity index (χ2n) is 5.97. The highest BCUT2D eigenvalue weighted by molar-refractivity contribution is 6.34. The predicted octanol–water partition coefficient (Wildman–Crippen LogP) is 3.63. The molecular weight excluding hydrogens is 272 g/mol. The minimum atomic E-state index is 0.0213. The molecule has 0 radical (unpaired) electrons. The van der Waals surface area contributed by atoms with Crippen molar-refractivity contribution in [3.63, 3.8) is 0 Å². The van der Waals surface area contributed by atoms with Gasteiger partial charge in [-0.1, -0.05) is 24.6 Å². The summed E-state index contributed by atoms with van der Waals surface area (Å²) in [7, 11) is 0. The van der Waals surface area contributed by atoms with E-state index in [0.717, 1.165) is 29.9 Å². The Kier molecular flexibility index (Phi) is 5.06. The molecule has 1 atom stereocenters. The van der Waals surface area contributed by atoms with E-state index in [1.54, 1.807) is 0 Å². The highest BCUT2D eigenvalue weighted by atomic mass is 35.5. The number of halogens is 1. The molecule has 1 aliphatic heterocycles. The van der Waals surface area contributed by atoms with E-state index >= 15 is 0 Å². The maximum absolute atomic E-state index is 12.2. The van der Waals surface area contributed by atoms with Crippen molar-refractivity contribution in [1.29, 1.82) is 0 Å². The molecule has 1 aromatic carbocycles. The Bertz CT molecular complexity index is 478. The Balaban J connectivity index is 1.98. The molecule has 110 valence electrons. The molecule has 0 aliphatic carbocycles. The number of hydrogen-bond donors (Lipinski definition) is 1. The number of amides is 1. The molecule has 0 bridgehead atoms. The summed E-state index contributed by atoms with van der Waals surface area (Å²) in [5, 5.41) is 3.57. The molecule has 1 amide bonds. The quantitative estimate of drug-likeness (QED) is 0.923. The van der Waals surface area contributed by atoms with Gasteiger partial charge in [0, 0.05) is 6.54 Å². The van der Waals surface area contributed by atoms with Crippen LogP contribution in [-0.2, 0) is 4.79 Å². The number of aryl methyl sites for hydroxylation is 2. The van der Waals surface area contributed by atoms with Gasteiger partial charge in [-0.2, -0.15) is 0 Å².